The number of alkyl halides is 3. The molecule has 26 heavy (non-hydrogen) atoms. The molecule has 0 bridgehead atoms. The number of rotatable bonds is 5. The van der Waals surface area contributed by atoms with Crippen molar-refractivity contribution in [1.29, 1.82) is 0 Å². The van der Waals surface area contributed by atoms with Crippen LogP contribution in [0.2, 0.25) is 0 Å². The molecule has 2 aromatic rings. The molecule has 138 valence electrons. The van der Waals surface area contributed by atoms with Gasteiger partial charge in [0.2, 0.25) is 5.91 Å². The minimum Gasteiger partial charge on any atom is -0.406 e. The molecular formula is C16H13F3N2O4S. The molecule has 0 aliphatic heterocycles. The quantitative estimate of drug-likeness (QED) is 0.854. The molecule has 2 atom stereocenters. The number of carbonyl (C=O) groups is 1. The molecule has 1 aromatic carbocycles. The third kappa shape index (κ3) is 4.31. The Morgan fingerprint density at radius 2 is 1.88 bits per heavy atom. The van der Waals surface area contributed by atoms with E-state index < -0.39 is 28.2 Å². The molecule has 1 heterocycles. The van der Waals surface area contributed by atoms with E-state index in [1.807, 2.05) is 4.72 Å². The standard InChI is InChI=1S/C16H13F3N2O4S/c17-16(18,19)25-11-5-3-10(4-6-11)13-8-14(13)15(22)21-26(23,24)12-2-1-7-20-9-12/h1-7,9,13-14H,8H2,(H,21,22). The monoisotopic (exact) mass is 386 g/mol. The van der Waals surface area contributed by atoms with E-state index in [-0.39, 0.29) is 16.6 Å². The number of nitrogens with zero attached hydrogens (tertiary/aromatic N) is 1. The van der Waals surface area contributed by atoms with E-state index in [1.165, 1.54) is 30.5 Å². The van der Waals surface area contributed by atoms with Crippen molar-refractivity contribution in [3.8, 4) is 5.75 Å². The van der Waals surface area contributed by atoms with Crippen molar-refractivity contribution in [2.75, 3.05) is 0 Å². The van der Waals surface area contributed by atoms with Gasteiger partial charge in [0.05, 0.1) is 0 Å². The number of ether oxygens (including phenoxy) is 1. The third-order valence-corrected chi connectivity index (χ3v) is 5.18. The maximum absolute atomic E-state index is 12.1. The average molecular weight is 386 g/mol. The highest BCUT2D eigenvalue weighted by atomic mass is 32.2. The number of nitrogens with one attached hydrogen (secondary N) is 1. The molecule has 10 heteroatoms. The van der Waals surface area contributed by atoms with Gasteiger partial charge < -0.3 is 4.74 Å². The summed E-state index contributed by atoms with van der Waals surface area (Å²) >= 11 is 0. The van der Waals surface area contributed by atoms with Gasteiger partial charge >= 0.3 is 6.36 Å². The van der Waals surface area contributed by atoms with Crippen molar-refractivity contribution in [3.63, 3.8) is 0 Å². The van der Waals surface area contributed by atoms with Crippen LogP contribution in [-0.4, -0.2) is 25.7 Å². The first-order valence-electron chi connectivity index (χ1n) is 7.48. The number of aromatic nitrogens is 1. The zero-order valence-corrected chi connectivity index (χ0v) is 13.9. The molecule has 0 radical (unpaired) electrons. The van der Waals surface area contributed by atoms with Gasteiger partial charge in [0.15, 0.2) is 0 Å². The summed E-state index contributed by atoms with van der Waals surface area (Å²) in [5.41, 5.74) is 0.637. The summed E-state index contributed by atoms with van der Waals surface area (Å²) in [6.07, 6.45) is -1.83. The van der Waals surface area contributed by atoms with Gasteiger partial charge in [-0.2, -0.15) is 0 Å². The van der Waals surface area contributed by atoms with Crippen LogP contribution in [0.25, 0.3) is 0 Å². The Hall–Kier alpha value is -2.62. The van der Waals surface area contributed by atoms with Crippen LogP contribution in [0, 0.1) is 5.92 Å². The zero-order valence-electron chi connectivity index (χ0n) is 13.1. The average Bonchev–Trinajstić information content (AvgIpc) is 3.35. The number of sulfonamides is 1. The van der Waals surface area contributed by atoms with Crippen molar-refractivity contribution < 1.29 is 31.1 Å². The van der Waals surface area contributed by atoms with Crippen molar-refractivity contribution in [3.05, 3.63) is 54.4 Å². The van der Waals surface area contributed by atoms with Crippen molar-refractivity contribution in [2.24, 2.45) is 5.92 Å². The van der Waals surface area contributed by atoms with Crippen LogP contribution in [0.1, 0.15) is 17.9 Å². The Balaban J connectivity index is 1.62. The highest BCUT2D eigenvalue weighted by molar-refractivity contribution is 7.90. The van der Waals surface area contributed by atoms with Crippen molar-refractivity contribution in [2.45, 2.75) is 23.6 Å². The van der Waals surface area contributed by atoms with E-state index in [9.17, 15) is 26.4 Å². The number of halogens is 3. The molecule has 6 nitrogen and oxygen atoms in total. The molecule has 1 fully saturated rings. The van der Waals surface area contributed by atoms with Gasteiger partial charge in [-0.05, 0) is 42.2 Å². The van der Waals surface area contributed by atoms with E-state index in [1.54, 1.807) is 0 Å². The SMILES string of the molecule is O=C(NS(=O)(=O)c1cccnc1)C1CC1c1ccc(OC(F)(F)F)cc1. The number of pyridine rings is 1. The summed E-state index contributed by atoms with van der Waals surface area (Å²) in [7, 11) is -4.00. The lowest BCUT2D eigenvalue weighted by atomic mass is 10.1. The molecule has 2 unspecified atom stereocenters. The first kappa shape index (κ1) is 18.2. The summed E-state index contributed by atoms with van der Waals surface area (Å²) in [4.78, 5) is 15.7. The molecule has 1 N–H and O–H groups in total. The summed E-state index contributed by atoms with van der Waals surface area (Å²) in [6, 6.07) is 7.91. The van der Waals surface area contributed by atoms with Crippen LogP contribution in [-0.2, 0) is 14.8 Å². The fraction of sp³-hybridized carbons (Fsp3) is 0.250. The minimum absolute atomic E-state index is 0.126. The second-order valence-electron chi connectivity index (χ2n) is 5.72. The summed E-state index contributed by atoms with van der Waals surface area (Å²) in [5.74, 6) is -1.83. The number of amides is 1. The Labute approximate surface area is 147 Å². The highest BCUT2D eigenvalue weighted by Crippen LogP contribution is 2.48. The lowest BCUT2D eigenvalue weighted by Crippen LogP contribution is -2.32. The molecule has 1 amide bonds. The molecule has 1 aromatic heterocycles. The number of carbonyl (C=O) groups excluding carboxylic acids is 1. The Kier molecular flexibility index (Phi) is 4.61. The highest BCUT2D eigenvalue weighted by Gasteiger charge is 2.45. The van der Waals surface area contributed by atoms with Gasteiger partial charge in [-0.1, -0.05) is 12.1 Å². The molecule has 3 rings (SSSR count). The van der Waals surface area contributed by atoms with Crippen LogP contribution in [0.15, 0.2) is 53.7 Å². The van der Waals surface area contributed by atoms with E-state index in [4.69, 9.17) is 0 Å². The zero-order chi connectivity index (χ0) is 18.9. The molecule has 1 saturated carbocycles. The van der Waals surface area contributed by atoms with Crippen molar-refractivity contribution >= 4 is 15.9 Å². The maximum Gasteiger partial charge on any atom is 0.573 e. The maximum atomic E-state index is 12.1. The van der Waals surface area contributed by atoms with Gasteiger partial charge in [-0.25, -0.2) is 13.1 Å². The second-order valence-corrected chi connectivity index (χ2v) is 7.41. The van der Waals surface area contributed by atoms with E-state index in [2.05, 4.69) is 9.72 Å². The van der Waals surface area contributed by atoms with E-state index in [0.717, 1.165) is 18.3 Å². The van der Waals surface area contributed by atoms with Crippen LogP contribution in [0.5, 0.6) is 5.75 Å². The number of hydrogen-bond donors (Lipinski definition) is 1. The fourth-order valence-electron chi connectivity index (χ4n) is 2.54. The predicted molar refractivity (Wildman–Crippen MR) is 83.5 cm³/mol. The van der Waals surface area contributed by atoms with Gasteiger partial charge in [-0.3, -0.25) is 9.78 Å². The Morgan fingerprint density at radius 3 is 2.46 bits per heavy atom. The van der Waals surface area contributed by atoms with Crippen LogP contribution in [0.4, 0.5) is 13.2 Å². The van der Waals surface area contributed by atoms with Crippen molar-refractivity contribution in [1.82, 2.24) is 9.71 Å². The van der Waals surface area contributed by atoms with Crippen LogP contribution < -0.4 is 9.46 Å². The number of hydrogen-bond acceptors (Lipinski definition) is 5. The first-order chi connectivity index (χ1) is 12.2. The molecular weight excluding hydrogens is 373 g/mol. The summed E-state index contributed by atoms with van der Waals surface area (Å²) in [6.45, 7) is 0. The minimum atomic E-state index is -4.77. The van der Waals surface area contributed by atoms with Crippen LogP contribution >= 0.6 is 0 Å². The summed E-state index contributed by atoms with van der Waals surface area (Å²) < 4.78 is 66.4. The lowest BCUT2D eigenvalue weighted by molar-refractivity contribution is -0.274. The molecule has 1 aliphatic rings. The largest absolute Gasteiger partial charge is 0.573 e. The fourth-order valence-corrected chi connectivity index (χ4v) is 3.53. The van der Waals surface area contributed by atoms with Gasteiger partial charge in [0.1, 0.15) is 10.6 Å². The topological polar surface area (TPSA) is 85.4 Å². The second kappa shape index (κ2) is 6.60. The smallest absolute Gasteiger partial charge is 0.406 e. The normalized spacial score (nSPS) is 19.7. The summed E-state index contributed by atoms with van der Waals surface area (Å²) in [5, 5.41) is 0. The van der Waals surface area contributed by atoms with Gasteiger partial charge in [-0.15, -0.1) is 13.2 Å². The lowest BCUT2D eigenvalue weighted by Gasteiger charge is -2.09. The van der Waals surface area contributed by atoms with Gasteiger partial charge in [0.25, 0.3) is 10.0 Å². The van der Waals surface area contributed by atoms with E-state index in [0.29, 0.717) is 12.0 Å². The van der Waals surface area contributed by atoms with Gasteiger partial charge in [0, 0.05) is 18.3 Å². The Morgan fingerprint density at radius 1 is 1.19 bits per heavy atom. The van der Waals surface area contributed by atoms with E-state index >= 15 is 0 Å². The molecule has 1 aliphatic carbocycles. The predicted octanol–water partition coefficient (Wildman–Crippen LogP) is 2.59. The Bertz CT molecular complexity index is 899. The third-order valence-electron chi connectivity index (χ3n) is 3.85. The van der Waals surface area contributed by atoms with Crippen LogP contribution in [0.3, 0.4) is 0 Å². The molecule has 0 saturated heterocycles. The molecule has 0 spiro atoms. The first-order valence-corrected chi connectivity index (χ1v) is 8.96. The number of benzene rings is 1.